The fourth-order valence-corrected chi connectivity index (χ4v) is 1.27. The molecule has 0 saturated carbocycles. The Morgan fingerprint density at radius 3 is 2.74 bits per heavy atom. The van der Waals surface area contributed by atoms with Crippen molar-refractivity contribution in [3.8, 4) is 0 Å². The molecule has 0 bridgehead atoms. The number of guanidine groups is 1. The van der Waals surface area contributed by atoms with E-state index in [2.05, 4.69) is 20.3 Å². The summed E-state index contributed by atoms with van der Waals surface area (Å²) in [5.41, 5.74) is 5.56. The zero-order chi connectivity index (χ0) is 13.7. The highest BCUT2D eigenvalue weighted by atomic mass is 16.6. The lowest BCUT2D eigenvalue weighted by Crippen LogP contribution is -2.22. The number of hydrogen-bond donors (Lipinski definition) is 2. The average molecular weight is 258 g/mol. The highest BCUT2D eigenvalue weighted by Gasteiger charge is 2.05. The Labute approximate surface area is 108 Å². The van der Waals surface area contributed by atoms with Crippen LogP contribution in [0.2, 0.25) is 0 Å². The van der Waals surface area contributed by atoms with E-state index in [0.717, 1.165) is 6.20 Å². The molecule has 0 aliphatic rings. The van der Waals surface area contributed by atoms with E-state index in [1.54, 1.807) is 24.4 Å². The van der Waals surface area contributed by atoms with Gasteiger partial charge in [-0.25, -0.2) is 9.97 Å². The van der Waals surface area contributed by atoms with Crippen LogP contribution in [0.25, 0.3) is 0 Å². The van der Waals surface area contributed by atoms with E-state index in [0.29, 0.717) is 5.82 Å². The fourth-order valence-electron chi connectivity index (χ4n) is 1.27. The monoisotopic (exact) mass is 258 g/mol. The highest BCUT2D eigenvalue weighted by Crippen LogP contribution is 2.14. The molecule has 0 radical (unpaired) electrons. The van der Waals surface area contributed by atoms with Gasteiger partial charge in [0.1, 0.15) is 12.0 Å². The molecule has 0 aliphatic heterocycles. The first-order chi connectivity index (χ1) is 9.15. The first-order valence-corrected chi connectivity index (χ1v) is 5.28. The number of pyridine rings is 2. The zero-order valence-electron chi connectivity index (χ0n) is 9.72. The maximum absolute atomic E-state index is 10.5. The van der Waals surface area contributed by atoms with Gasteiger partial charge in [-0.05, 0) is 18.2 Å². The molecule has 2 rings (SSSR count). The fraction of sp³-hybridized carbons (Fsp3) is 0. The van der Waals surface area contributed by atoms with Crippen molar-refractivity contribution in [2.75, 3.05) is 5.32 Å². The summed E-state index contributed by atoms with van der Waals surface area (Å²) in [6.45, 7) is 0. The highest BCUT2D eigenvalue weighted by molar-refractivity contribution is 5.92. The molecule has 8 nitrogen and oxygen atoms in total. The molecule has 2 aromatic heterocycles. The average Bonchev–Trinajstić information content (AvgIpc) is 2.40. The number of hydrogen-bond acceptors (Lipinski definition) is 5. The van der Waals surface area contributed by atoms with Gasteiger partial charge >= 0.3 is 0 Å². The van der Waals surface area contributed by atoms with Crippen LogP contribution in [0, 0.1) is 10.1 Å². The largest absolute Gasteiger partial charge is 0.369 e. The predicted octanol–water partition coefficient (Wildman–Crippen LogP) is 1.44. The lowest BCUT2D eigenvalue weighted by molar-refractivity contribution is -0.385. The summed E-state index contributed by atoms with van der Waals surface area (Å²) in [7, 11) is 0. The van der Waals surface area contributed by atoms with Gasteiger partial charge in [0, 0.05) is 12.3 Å². The quantitative estimate of drug-likeness (QED) is 0.372. The van der Waals surface area contributed by atoms with E-state index in [4.69, 9.17) is 5.73 Å². The number of nitrogens with two attached hydrogens (primary N) is 1. The number of nitro groups is 1. The third-order valence-corrected chi connectivity index (χ3v) is 2.10. The number of rotatable bonds is 3. The van der Waals surface area contributed by atoms with Crippen molar-refractivity contribution in [1.82, 2.24) is 9.97 Å². The summed E-state index contributed by atoms with van der Waals surface area (Å²) in [5.74, 6) is 0.914. The molecule has 3 N–H and O–H groups in total. The molecule has 8 heteroatoms. The Morgan fingerprint density at radius 2 is 2.16 bits per heavy atom. The van der Waals surface area contributed by atoms with Crippen molar-refractivity contribution >= 4 is 23.3 Å². The maximum Gasteiger partial charge on any atom is 0.287 e. The molecule has 2 heterocycles. The molecule has 0 aromatic carbocycles. The SMILES string of the molecule is NC(=Nc1ccc([N+](=O)[O-])cn1)Nc1ccccn1. The molecule has 96 valence electrons. The molecule has 0 aliphatic carbocycles. The molecule has 0 atom stereocenters. The maximum atomic E-state index is 10.5. The Hall–Kier alpha value is -3.03. The van der Waals surface area contributed by atoms with Gasteiger partial charge in [0.15, 0.2) is 5.82 Å². The van der Waals surface area contributed by atoms with E-state index in [9.17, 15) is 10.1 Å². The molecule has 0 spiro atoms. The molecule has 0 unspecified atom stereocenters. The van der Waals surface area contributed by atoms with Crippen LogP contribution in [0.15, 0.2) is 47.7 Å². The standard InChI is InChI=1S/C11H10N6O2/c12-11(15-9-3-1-2-6-13-9)16-10-5-4-8(7-14-10)17(18)19/h1-7H,(H3,12,13,14,15,16). The number of nitrogens with one attached hydrogen (secondary N) is 1. The van der Waals surface area contributed by atoms with Gasteiger partial charge in [-0.3, -0.25) is 10.1 Å². The minimum Gasteiger partial charge on any atom is -0.369 e. The number of aliphatic imine (C=N–C) groups is 1. The summed E-state index contributed by atoms with van der Waals surface area (Å²) in [4.78, 5) is 21.7. The van der Waals surface area contributed by atoms with Crippen LogP contribution in [-0.2, 0) is 0 Å². The van der Waals surface area contributed by atoms with Crippen molar-refractivity contribution in [2.45, 2.75) is 0 Å². The molecule has 2 aromatic rings. The Balaban J connectivity index is 2.10. The van der Waals surface area contributed by atoms with Gasteiger partial charge in [-0.1, -0.05) is 6.07 Å². The Kier molecular flexibility index (Phi) is 3.62. The van der Waals surface area contributed by atoms with Gasteiger partial charge in [-0.15, -0.1) is 0 Å². The van der Waals surface area contributed by atoms with Gasteiger partial charge in [-0.2, -0.15) is 4.99 Å². The second-order valence-electron chi connectivity index (χ2n) is 3.47. The summed E-state index contributed by atoms with van der Waals surface area (Å²) < 4.78 is 0. The minimum absolute atomic E-state index is 0.0973. The predicted molar refractivity (Wildman–Crippen MR) is 70.0 cm³/mol. The van der Waals surface area contributed by atoms with Crippen LogP contribution in [0.1, 0.15) is 0 Å². The molecular weight excluding hydrogens is 248 g/mol. The second-order valence-corrected chi connectivity index (χ2v) is 3.47. The van der Waals surface area contributed by atoms with Crippen LogP contribution < -0.4 is 11.1 Å². The zero-order valence-corrected chi connectivity index (χ0v) is 9.72. The van der Waals surface area contributed by atoms with Crippen molar-refractivity contribution in [1.29, 1.82) is 0 Å². The lowest BCUT2D eigenvalue weighted by Gasteiger charge is -2.03. The van der Waals surface area contributed by atoms with E-state index >= 15 is 0 Å². The molecular formula is C11H10N6O2. The molecule has 19 heavy (non-hydrogen) atoms. The topological polar surface area (TPSA) is 119 Å². The van der Waals surface area contributed by atoms with Crippen LogP contribution in [0.3, 0.4) is 0 Å². The number of aromatic nitrogens is 2. The molecule has 0 fully saturated rings. The van der Waals surface area contributed by atoms with Crippen LogP contribution >= 0.6 is 0 Å². The summed E-state index contributed by atoms with van der Waals surface area (Å²) >= 11 is 0. The minimum atomic E-state index is -0.532. The van der Waals surface area contributed by atoms with E-state index in [-0.39, 0.29) is 17.5 Å². The lowest BCUT2D eigenvalue weighted by atomic mass is 10.4. The van der Waals surface area contributed by atoms with Crippen molar-refractivity contribution in [3.63, 3.8) is 0 Å². The summed E-state index contributed by atoms with van der Waals surface area (Å²) in [6.07, 6.45) is 2.73. The van der Waals surface area contributed by atoms with Crippen LogP contribution in [0.5, 0.6) is 0 Å². The van der Waals surface area contributed by atoms with Crippen LogP contribution in [0.4, 0.5) is 17.3 Å². The molecule has 0 amide bonds. The second kappa shape index (κ2) is 5.54. The van der Waals surface area contributed by atoms with Gasteiger partial charge in [0.25, 0.3) is 5.69 Å². The smallest absolute Gasteiger partial charge is 0.287 e. The molecule has 0 saturated heterocycles. The van der Waals surface area contributed by atoms with E-state index < -0.39 is 4.92 Å². The van der Waals surface area contributed by atoms with Crippen molar-refractivity contribution in [3.05, 3.63) is 52.8 Å². The summed E-state index contributed by atoms with van der Waals surface area (Å²) in [6, 6.07) is 8.01. The summed E-state index contributed by atoms with van der Waals surface area (Å²) in [5, 5.41) is 13.2. The van der Waals surface area contributed by atoms with Crippen molar-refractivity contribution < 1.29 is 4.92 Å². The first-order valence-electron chi connectivity index (χ1n) is 5.28. The number of nitrogens with zero attached hydrogens (tertiary/aromatic N) is 4. The third kappa shape index (κ3) is 3.46. The van der Waals surface area contributed by atoms with Gasteiger partial charge < -0.3 is 11.1 Å². The van der Waals surface area contributed by atoms with Crippen molar-refractivity contribution in [2.24, 2.45) is 10.7 Å². The van der Waals surface area contributed by atoms with E-state index in [1.165, 1.54) is 12.1 Å². The Morgan fingerprint density at radius 1 is 1.32 bits per heavy atom. The van der Waals surface area contributed by atoms with Crippen LogP contribution in [-0.4, -0.2) is 20.9 Å². The van der Waals surface area contributed by atoms with Gasteiger partial charge in [0.05, 0.1) is 4.92 Å². The number of anilines is 1. The first kappa shape index (κ1) is 12.4. The van der Waals surface area contributed by atoms with Gasteiger partial charge in [0.2, 0.25) is 5.96 Å². The Bertz CT molecular complexity index is 596. The van der Waals surface area contributed by atoms with E-state index in [1.807, 2.05) is 0 Å². The normalized spacial score (nSPS) is 11.1. The third-order valence-electron chi connectivity index (χ3n) is 2.10.